The van der Waals surface area contributed by atoms with Crippen molar-refractivity contribution >= 4 is 22.9 Å². The Morgan fingerprint density at radius 1 is 1.15 bits per heavy atom. The number of nitrogens with two attached hydrogens (primary N) is 1. The van der Waals surface area contributed by atoms with Gasteiger partial charge in [-0.25, -0.2) is 8.78 Å². The Labute approximate surface area is 123 Å². The van der Waals surface area contributed by atoms with Crippen molar-refractivity contribution in [2.24, 2.45) is 5.73 Å². The van der Waals surface area contributed by atoms with Crippen molar-refractivity contribution in [3.05, 3.63) is 29.3 Å². The summed E-state index contributed by atoms with van der Waals surface area (Å²) in [6.45, 7) is 0. The van der Waals surface area contributed by atoms with Crippen molar-refractivity contribution in [1.29, 1.82) is 0 Å². The van der Waals surface area contributed by atoms with E-state index in [0.717, 1.165) is 25.7 Å². The van der Waals surface area contributed by atoms with E-state index in [9.17, 15) is 8.78 Å². The molecule has 2 N–H and O–H groups in total. The lowest BCUT2D eigenvalue weighted by molar-refractivity contribution is 0.492. The molecule has 20 heavy (non-hydrogen) atoms. The maximum absolute atomic E-state index is 14.2. The number of hydrogen-bond donors (Lipinski definition) is 1. The summed E-state index contributed by atoms with van der Waals surface area (Å²) in [5.41, 5.74) is 5.64. The highest BCUT2D eigenvalue weighted by molar-refractivity contribution is 7.80. The third-order valence-corrected chi connectivity index (χ3v) is 4.30. The molecule has 0 spiro atoms. The van der Waals surface area contributed by atoms with E-state index in [1.165, 1.54) is 18.9 Å². The second-order valence-corrected chi connectivity index (χ2v) is 5.82. The summed E-state index contributed by atoms with van der Waals surface area (Å²) in [5, 5.41) is 0. The highest BCUT2D eigenvalue weighted by Crippen LogP contribution is 2.29. The van der Waals surface area contributed by atoms with Crippen LogP contribution in [0.15, 0.2) is 12.1 Å². The summed E-state index contributed by atoms with van der Waals surface area (Å²) >= 11 is 4.72. The maximum atomic E-state index is 14.2. The first-order valence-corrected chi connectivity index (χ1v) is 7.44. The summed E-state index contributed by atoms with van der Waals surface area (Å²) in [4.78, 5) is 1.73. The number of anilines is 1. The number of rotatable bonds is 3. The summed E-state index contributed by atoms with van der Waals surface area (Å²) in [7, 11) is 1.83. The standard InChI is InChI=1S/C15H20F2N2S/c1-19(10-6-4-2-3-5-7-10)12-9-8-11(15(18)20)13(16)14(12)17/h8-10H,2-7H2,1H3,(H2,18,20). The van der Waals surface area contributed by atoms with E-state index >= 15 is 0 Å². The molecule has 1 aliphatic carbocycles. The molecule has 2 nitrogen and oxygen atoms in total. The van der Waals surface area contributed by atoms with Gasteiger partial charge >= 0.3 is 0 Å². The molecule has 0 atom stereocenters. The third kappa shape index (κ3) is 3.08. The quantitative estimate of drug-likeness (QED) is 0.680. The van der Waals surface area contributed by atoms with Crippen LogP contribution in [0, 0.1) is 11.6 Å². The average Bonchev–Trinajstić information content (AvgIpc) is 2.69. The summed E-state index contributed by atoms with van der Waals surface area (Å²) < 4.78 is 28.1. The summed E-state index contributed by atoms with van der Waals surface area (Å²) in [6, 6.07) is 3.29. The smallest absolute Gasteiger partial charge is 0.182 e. The molecule has 2 rings (SSSR count). The molecule has 1 aromatic rings. The van der Waals surface area contributed by atoms with Gasteiger partial charge in [-0.1, -0.05) is 37.9 Å². The van der Waals surface area contributed by atoms with Gasteiger partial charge < -0.3 is 10.6 Å². The van der Waals surface area contributed by atoms with Crippen LogP contribution in [-0.2, 0) is 0 Å². The average molecular weight is 298 g/mol. The second kappa shape index (κ2) is 6.48. The van der Waals surface area contributed by atoms with Crippen LogP contribution in [0.4, 0.5) is 14.5 Å². The summed E-state index contributed by atoms with van der Waals surface area (Å²) in [5.74, 6) is -1.81. The molecular formula is C15H20F2N2S. The zero-order valence-corrected chi connectivity index (χ0v) is 12.5. The van der Waals surface area contributed by atoms with Gasteiger partial charge in [0.05, 0.1) is 5.69 Å². The minimum Gasteiger partial charge on any atom is -0.389 e. The van der Waals surface area contributed by atoms with Gasteiger partial charge in [0.25, 0.3) is 0 Å². The Kier molecular flexibility index (Phi) is 4.91. The van der Waals surface area contributed by atoms with Crippen molar-refractivity contribution < 1.29 is 8.78 Å². The van der Waals surface area contributed by atoms with E-state index in [1.807, 2.05) is 11.9 Å². The third-order valence-electron chi connectivity index (χ3n) is 4.08. The minimum atomic E-state index is -0.949. The van der Waals surface area contributed by atoms with Gasteiger partial charge in [0.15, 0.2) is 11.6 Å². The minimum absolute atomic E-state index is 0.0319. The SMILES string of the molecule is CN(c1ccc(C(N)=S)c(F)c1F)C1CCCCCC1. The normalized spacial score (nSPS) is 16.8. The first kappa shape index (κ1) is 15.2. The number of benzene rings is 1. The van der Waals surface area contributed by atoms with E-state index in [1.54, 1.807) is 6.07 Å². The Hall–Kier alpha value is -1.23. The molecule has 0 bridgehead atoms. The monoisotopic (exact) mass is 298 g/mol. The van der Waals surface area contributed by atoms with Crippen molar-refractivity contribution in [2.75, 3.05) is 11.9 Å². The van der Waals surface area contributed by atoms with Gasteiger partial charge in [0.1, 0.15) is 4.99 Å². The van der Waals surface area contributed by atoms with E-state index in [2.05, 4.69) is 0 Å². The molecule has 0 heterocycles. The van der Waals surface area contributed by atoms with Crippen LogP contribution in [0.3, 0.4) is 0 Å². The number of hydrogen-bond acceptors (Lipinski definition) is 2. The zero-order valence-electron chi connectivity index (χ0n) is 11.7. The highest BCUT2D eigenvalue weighted by atomic mass is 32.1. The van der Waals surface area contributed by atoms with Crippen molar-refractivity contribution in [3.8, 4) is 0 Å². The maximum Gasteiger partial charge on any atom is 0.182 e. The van der Waals surface area contributed by atoms with Crippen LogP contribution in [0.5, 0.6) is 0 Å². The fraction of sp³-hybridized carbons (Fsp3) is 0.533. The number of thiocarbonyl (C=S) groups is 1. The van der Waals surface area contributed by atoms with Crippen LogP contribution < -0.4 is 10.6 Å². The number of nitrogens with zero attached hydrogens (tertiary/aromatic N) is 1. The molecule has 5 heteroatoms. The van der Waals surface area contributed by atoms with Gasteiger partial charge in [-0.05, 0) is 25.0 Å². The van der Waals surface area contributed by atoms with Gasteiger partial charge in [0.2, 0.25) is 0 Å². The Morgan fingerprint density at radius 3 is 2.30 bits per heavy atom. The first-order valence-electron chi connectivity index (χ1n) is 7.03. The first-order chi connectivity index (χ1) is 9.52. The predicted molar refractivity (Wildman–Crippen MR) is 82.1 cm³/mol. The van der Waals surface area contributed by atoms with Crippen LogP contribution in [-0.4, -0.2) is 18.1 Å². The van der Waals surface area contributed by atoms with Gasteiger partial charge in [-0.2, -0.15) is 0 Å². The summed E-state index contributed by atoms with van der Waals surface area (Å²) in [6.07, 6.45) is 6.78. The van der Waals surface area contributed by atoms with Crippen LogP contribution >= 0.6 is 12.2 Å². The predicted octanol–water partition coefficient (Wildman–Crippen LogP) is 3.76. The molecule has 110 valence electrons. The second-order valence-electron chi connectivity index (χ2n) is 5.38. The Morgan fingerprint density at radius 2 is 1.75 bits per heavy atom. The van der Waals surface area contributed by atoms with E-state index in [0.29, 0.717) is 0 Å². The van der Waals surface area contributed by atoms with Crippen molar-refractivity contribution in [2.45, 2.75) is 44.6 Å². The lowest BCUT2D eigenvalue weighted by Crippen LogP contribution is -2.32. The molecule has 0 aliphatic heterocycles. The van der Waals surface area contributed by atoms with Crippen LogP contribution in [0.1, 0.15) is 44.1 Å². The lowest BCUT2D eigenvalue weighted by atomic mass is 10.1. The molecule has 1 saturated carbocycles. The Balaban J connectivity index is 2.27. The van der Waals surface area contributed by atoms with E-state index in [4.69, 9.17) is 18.0 Å². The van der Waals surface area contributed by atoms with Gasteiger partial charge in [-0.15, -0.1) is 0 Å². The number of halogens is 2. The fourth-order valence-electron chi connectivity index (χ4n) is 2.84. The molecule has 1 aliphatic rings. The molecule has 0 aromatic heterocycles. The molecule has 0 unspecified atom stereocenters. The van der Waals surface area contributed by atoms with Crippen molar-refractivity contribution in [3.63, 3.8) is 0 Å². The fourth-order valence-corrected chi connectivity index (χ4v) is 3.00. The molecule has 0 amide bonds. The van der Waals surface area contributed by atoms with Crippen molar-refractivity contribution in [1.82, 2.24) is 0 Å². The van der Waals surface area contributed by atoms with Gasteiger partial charge in [-0.3, -0.25) is 0 Å². The molecule has 0 saturated heterocycles. The molecular weight excluding hydrogens is 278 g/mol. The van der Waals surface area contributed by atoms with E-state index < -0.39 is 11.6 Å². The highest BCUT2D eigenvalue weighted by Gasteiger charge is 2.22. The Bertz CT molecular complexity index is 497. The largest absolute Gasteiger partial charge is 0.389 e. The topological polar surface area (TPSA) is 29.3 Å². The zero-order chi connectivity index (χ0) is 14.7. The van der Waals surface area contributed by atoms with Crippen LogP contribution in [0.25, 0.3) is 0 Å². The van der Waals surface area contributed by atoms with Gasteiger partial charge in [0, 0.05) is 18.7 Å². The van der Waals surface area contributed by atoms with Crippen LogP contribution in [0.2, 0.25) is 0 Å². The molecule has 1 fully saturated rings. The molecule has 0 radical (unpaired) electrons. The molecule has 1 aromatic carbocycles. The van der Waals surface area contributed by atoms with E-state index in [-0.39, 0.29) is 22.3 Å². The lowest BCUT2D eigenvalue weighted by Gasteiger charge is -2.29.